The van der Waals surface area contributed by atoms with Gasteiger partial charge in [-0.15, -0.1) is 0 Å². The number of hydrogen-bond acceptors (Lipinski definition) is 4. The number of pyridine rings is 1. The van der Waals surface area contributed by atoms with Crippen LogP contribution in [0.1, 0.15) is 34.5 Å². The van der Waals surface area contributed by atoms with E-state index in [1.54, 1.807) is 24.0 Å². The summed E-state index contributed by atoms with van der Waals surface area (Å²) in [5, 5.41) is 10.3. The number of amides is 1. The summed E-state index contributed by atoms with van der Waals surface area (Å²) >= 11 is 0. The number of aromatic nitrogens is 3. The molecular formula is C15H19N5O. The van der Waals surface area contributed by atoms with Crippen LogP contribution < -0.4 is 10.6 Å². The van der Waals surface area contributed by atoms with Crippen LogP contribution >= 0.6 is 0 Å². The van der Waals surface area contributed by atoms with Crippen molar-refractivity contribution in [3.05, 3.63) is 41.3 Å². The van der Waals surface area contributed by atoms with Crippen LogP contribution in [0.2, 0.25) is 0 Å². The molecule has 21 heavy (non-hydrogen) atoms. The normalized spacial score (nSPS) is 14.2. The lowest BCUT2D eigenvalue weighted by Gasteiger charge is -2.08. The maximum atomic E-state index is 11.5. The second-order valence-corrected chi connectivity index (χ2v) is 5.36. The van der Waals surface area contributed by atoms with E-state index >= 15 is 0 Å². The number of carbonyl (C=O) groups excluding carboxylic acids is 1. The highest BCUT2D eigenvalue weighted by atomic mass is 16.1. The fourth-order valence-electron chi connectivity index (χ4n) is 2.20. The lowest BCUT2D eigenvalue weighted by Crippen LogP contribution is -2.18. The molecule has 1 aliphatic carbocycles. The first kappa shape index (κ1) is 13.8. The summed E-state index contributed by atoms with van der Waals surface area (Å²) in [6.45, 7) is 2.85. The third-order valence-corrected chi connectivity index (χ3v) is 3.55. The van der Waals surface area contributed by atoms with E-state index < -0.39 is 0 Å². The van der Waals surface area contributed by atoms with Gasteiger partial charge >= 0.3 is 0 Å². The highest BCUT2D eigenvalue weighted by Gasteiger charge is 2.20. The van der Waals surface area contributed by atoms with Gasteiger partial charge in [0.25, 0.3) is 5.91 Å². The molecule has 0 spiro atoms. The standard InChI is InChI=1S/C15H19N5O/c1-10-7-11(8-17-12-3-4-12)9-18-14(10)20-6-5-13(19-20)15(21)16-2/h5-7,9,12,17H,3-4,8H2,1-2H3,(H,16,21). The molecule has 0 aliphatic heterocycles. The Morgan fingerprint density at radius 2 is 2.29 bits per heavy atom. The first-order valence-electron chi connectivity index (χ1n) is 7.14. The molecule has 1 fully saturated rings. The smallest absolute Gasteiger partial charge is 0.271 e. The fourth-order valence-corrected chi connectivity index (χ4v) is 2.20. The summed E-state index contributed by atoms with van der Waals surface area (Å²) in [6, 6.07) is 4.48. The Bertz CT molecular complexity index is 660. The lowest BCUT2D eigenvalue weighted by atomic mass is 10.2. The molecule has 2 aromatic rings. The van der Waals surface area contributed by atoms with E-state index in [2.05, 4.69) is 26.8 Å². The van der Waals surface area contributed by atoms with Crippen molar-refractivity contribution in [1.82, 2.24) is 25.4 Å². The van der Waals surface area contributed by atoms with Crippen LogP contribution in [-0.4, -0.2) is 33.8 Å². The maximum Gasteiger partial charge on any atom is 0.271 e. The predicted octanol–water partition coefficient (Wildman–Crippen LogP) is 1.19. The molecule has 0 atom stereocenters. The Hall–Kier alpha value is -2.21. The molecule has 0 saturated heterocycles. The molecule has 0 unspecified atom stereocenters. The van der Waals surface area contributed by atoms with Gasteiger partial charge in [0.2, 0.25) is 0 Å². The second kappa shape index (κ2) is 5.65. The van der Waals surface area contributed by atoms with Crippen LogP contribution in [0.25, 0.3) is 5.82 Å². The summed E-state index contributed by atoms with van der Waals surface area (Å²) in [5.74, 6) is 0.553. The SMILES string of the molecule is CNC(=O)c1ccn(-c2ncc(CNC3CC3)cc2C)n1. The quantitative estimate of drug-likeness (QED) is 0.865. The number of carbonyl (C=O) groups is 1. The first-order valence-corrected chi connectivity index (χ1v) is 7.14. The Kier molecular flexibility index (Phi) is 3.70. The van der Waals surface area contributed by atoms with Crippen LogP contribution in [-0.2, 0) is 6.54 Å². The van der Waals surface area contributed by atoms with E-state index in [9.17, 15) is 4.79 Å². The number of rotatable bonds is 5. The number of nitrogens with zero attached hydrogens (tertiary/aromatic N) is 3. The summed E-state index contributed by atoms with van der Waals surface area (Å²) in [6.07, 6.45) is 6.17. The van der Waals surface area contributed by atoms with Gasteiger partial charge in [0.05, 0.1) is 0 Å². The number of nitrogens with one attached hydrogen (secondary N) is 2. The van der Waals surface area contributed by atoms with Gasteiger partial charge in [-0.3, -0.25) is 4.79 Å². The van der Waals surface area contributed by atoms with Crippen molar-refractivity contribution in [3.8, 4) is 5.82 Å². The highest BCUT2D eigenvalue weighted by molar-refractivity contribution is 5.91. The molecule has 2 aromatic heterocycles. The third kappa shape index (κ3) is 3.11. The zero-order chi connectivity index (χ0) is 14.8. The second-order valence-electron chi connectivity index (χ2n) is 5.36. The summed E-state index contributed by atoms with van der Waals surface area (Å²) in [5.41, 5.74) is 2.59. The Balaban J connectivity index is 1.77. The van der Waals surface area contributed by atoms with Gasteiger partial charge in [0.15, 0.2) is 11.5 Å². The highest BCUT2D eigenvalue weighted by Crippen LogP contribution is 2.20. The van der Waals surface area contributed by atoms with Crippen LogP contribution in [0.3, 0.4) is 0 Å². The maximum absolute atomic E-state index is 11.5. The van der Waals surface area contributed by atoms with Crippen molar-refractivity contribution in [2.45, 2.75) is 32.4 Å². The molecule has 1 amide bonds. The predicted molar refractivity (Wildman–Crippen MR) is 79.3 cm³/mol. The Morgan fingerprint density at radius 3 is 2.95 bits per heavy atom. The number of hydrogen-bond donors (Lipinski definition) is 2. The molecular weight excluding hydrogens is 266 g/mol. The molecule has 0 aromatic carbocycles. The van der Waals surface area contributed by atoms with E-state index in [1.165, 1.54) is 18.4 Å². The van der Waals surface area contributed by atoms with Crippen molar-refractivity contribution in [1.29, 1.82) is 0 Å². The zero-order valence-corrected chi connectivity index (χ0v) is 12.3. The van der Waals surface area contributed by atoms with Crippen molar-refractivity contribution >= 4 is 5.91 Å². The summed E-state index contributed by atoms with van der Waals surface area (Å²) < 4.78 is 1.64. The van der Waals surface area contributed by atoms with Gasteiger partial charge in [-0.05, 0) is 43.0 Å². The molecule has 1 aliphatic rings. The van der Waals surface area contributed by atoms with Gasteiger partial charge in [0.1, 0.15) is 0 Å². The van der Waals surface area contributed by atoms with E-state index in [1.807, 2.05) is 13.1 Å². The lowest BCUT2D eigenvalue weighted by molar-refractivity contribution is 0.0957. The van der Waals surface area contributed by atoms with Crippen molar-refractivity contribution < 1.29 is 4.79 Å². The third-order valence-electron chi connectivity index (χ3n) is 3.55. The minimum atomic E-state index is -0.198. The van der Waals surface area contributed by atoms with Gasteiger partial charge in [0, 0.05) is 32.0 Å². The minimum absolute atomic E-state index is 0.198. The van der Waals surface area contributed by atoms with E-state index in [4.69, 9.17) is 0 Å². The molecule has 6 nitrogen and oxygen atoms in total. The summed E-state index contributed by atoms with van der Waals surface area (Å²) in [7, 11) is 1.59. The molecule has 1 saturated carbocycles. The topological polar surface area (TPSA) is 71.8 Å². The molecule has 110 valence electrons. The first-order chi connectivity index (χ1) is 10.2. The van der Waals surface area contributed by atoms with E-state index in [0.29, 0.717) is 11.7 Å². The van der Waals surface area contributed by atoms with Crippen LogP contribution in [0.15, 0.2) is 24.5 Å². The van der Waals surface area contributed by atoms with Crippen LogP contribution in [0.4, 0.5) is 0 Å². The van der Waals surface area contributed by atoms with Gasteiger partial charge < -0.3 is 10.6 Å². The largest absolute Gasteiger partial charge is 0.354 e. The summed E-state index contributed by atoms with van der Waals surface area (Å²) in [4.78, 5) is 16.0. The van der Waals surface area contributed by atoms with E-state index in [-0.39, 0.29) is 5.91 Å². The van der Waals surface area contributed by atoms with Crippen molar-refractivity contribution in [2.75, 3.05) is 7.05 Å². The Morgan fingerprint density at radius 1 is 1.48 bits per heavy atom. The number of aryl methyl sites for hydroxylation is 1. The molecule has 3 rings (SSSR count). The van der Waals surface area contributed by atoms with Crippen molar-refractivity contribution in [3.63, 3.8) is 0 Å². The van der Waals surface area contributed by atoms with E-state index in [0.717, 1.165) is 17.9 Å². The van der Waals surface area contributed by atoms with Gasteiger partial charge in [-0.1, -0.05) is 0 Å². The average molecular weight is 285 g/mol. The Labute approximate surface area is 123 Å². The monoisotopic (exact) mass is 285 g/mol. The fraction of sp³-hybridized carbons (Fsp3) is 0.400. The molecule has 0 bridgehead atoms. The molecule has 2 N–H and O–H groups in total. The minimum Gasteiger partial charge on any atom is -0.354 e. The molecule has 2 heterocycles. The molecule has 6 heteroatoms. The average Bonchev–Trinajstić information content (AvgIpc) is 3.20. The molecule has 0 radical (unpaired) electrons. The van der Waals surface area contributed by atoms with Crippen LogP contribution in [0, 0.1) is 6.92 Å². The zero-order valence-electron chi connectivity index (χ0n) is 12.3. The van der Waals surface area contributed by atoms with Crippen molar-refractivity contribution in [2.24, 2.45) is 0 Å². The van der Waals surface area contributed by atoms with Crippen LogP contribution in [0.5, 0.6) is 0 Å². The van der Waals surface area contributed by atoms with Gasteiger partial charge in [-0.2, -0.15) is 5.10 Å². The van der Waals surface area contributed by atoms with Gasteiger partial charge in [-0.25, -0.2) is 9.67 Å².